The first kappa shape index (κ1) is 9.82. The number of aryl methyl sites for hydroxylation is 1. The number of benzene rings is 1. The molecule has 15 heavy (non-hydrogen) atoms. The summed E-state index contributed by atoms with van der Waals surface area (Å²) in [6.45, 7) is 1.48. The van der Waals surface area contributed by atoms with Gasteiger partial charge < -0.3 is 9.47 Å². The van der Waals surface area contributed by atoms with E-state index in [-0.39, 0.29) is 5.79 Å². The highest BCUT2D eigenvalue weighted by Gasteiger charge is 2.39. The first-order chi connectivity index (χ1) is 7.27. The number of rotatable bonds is 0. The molecule has 1 heterocycles. The van der Waals surface area contributed by atoms with Crippen molar-refractivity contribution in [1.29, 1.82) is 0 Å². The SMILES string of the molecule is Brc1ccc2c(c1)CCC1(C2)OCCO1. The Balaban J connectivity index is 1.93. The molecule has 3 heteroatoms. The van der Waals surface area contributed by atoms with Crippen LogP contribution in [0.1, 0.15) is 17.5 Å². The molecule has 2 nitrogen and oxygen atoms in total. The van der Waals surface area contributed by atoms with Gasteiger partial charge >= 0.3 is 0 Å². The Morgan fingerprint density at radius 1 is 1.13 bits per heavy atom. The first-order valence-electron chi connectivity index (χ1n) is 5.33. The van der Waals surface area contributed by atoms with E-state index in [0.29, 0.717) is 0 Å². The van der Waals surface area contributed by atoms with Crippen LogP contribution in [0.5, 0.6) is 0 Å². The van der Waals surface area contributed by atoms with Gasteiger partial charge in [0.2, 0.25) is 0 Å². The Morgan fingerprint density at radius 3 is 2.73 bits per heavy atom. The van der Waals surface area contributed by atoms with E-state index < -0.39 is 0 Å². The van der Waals surface area contributed by atoms with Crippen LogP contribution in [0.15, 0.2) is 22.7 Å². The molecule has 1 fully saturated rings. The van der Waals surface area contributed by atoms with Crippen LogP contribution in [-0.2, 0) is 22.3 Å². The molecular formula is C12H13BrO2. The number of fused-ring (bicyclic) bond motifs is 1. The Labute approximate surface area is 97.7 Å². The Bertz CT molecular complexity index is 383. The third-order valence-electron chi connectivity index (χ3n) is 3.22. The molecule has 2 aliphatic rings. The lowest BCUT2D eigenvalue weighted by atomic mass is 9.87. The fourth-order valence-electron chi connectivity index (χ4n) is 2.45. The fraction of sp³-hybridized carbons (Fsp3) is 0.500. The second-order valence-electron chi connectivity index (χ2n) is 4.20. The molecule has 1 aliphatic heterocycles. The first-order valence-corrected chi connectivity index (χ1v) is 6.12. The van der Waals surface area contributed by atoms with Crippen molar-refractivity contribution in [3.8, 4) is 0 Å². The molecule has 0 bridgehead atoms. The third kappa shape index (κ3) is 1.73. The van der Waals surface area contributed by atoms with Gasteiger partial charge in [-0.2, -0.15) is 0 Å². The molecule has 1 saturated heterocycles. The Kier molecular flexibility index (Phi) is 2.34. The van der Waals surface area contributed by atoms with Crippen molar-refractivity contribution in [1.82, 2.24) is 0 Å². The van der Waals surface area contributed by atoms with E-state index in [9.17, 15) is 0 Å². The zero-order chi connectivity index (χ0) is 10.3. The molecule has 0 unspecified atom stereocenters. The fourth-order valence-corrected chi connectivity index (χ4v) is 2.86. The smallest absolute Gasteiger partial charge is 0.172 e. The summed E-state index contributed by atoms with van der Waals surface area (Å²) in [6.07, 6.45) is 2.93. The van der Waals surface area contributed by atoms with Crippen molar-refractivity contribution < 1.29 is 9.47 Å². The van der Waals surface area contributed by atoms with Crippen molar-refractivity contribution in [3.05, 3.63) is 33.8 Å². The molecule has 3 rings (SSSR count). The predicted octanol–water partition coefficient (Wildman–Crippen LogP) is 2.68. The lowest BCUT2D eigenvalue weighted by Crippen LogP contribution is -2.36. The van der Waals surface area contributed by atoms with E-state index in [2.05, 4.69) is 34.1 Å². The van der Waals surface area contributed by atoms with E-state index >= 15 is 0 Å². The minimum Gasteiger partial charge on any atom is -0.347 e. The highest BCUT2D eigenvalue weighted by molar-refractivity contribution is 9.10. The van der Waals surface area contributed by atoms with Crippen LogP contribution in [-0.4, -0.2) is 19.0 Å². The van der Waals surface area contributed by atoms with Crippen molar-refractivity contribution in [3.63, 3.8) is 0 Å². The van der Waals surface area contributed by atoms with Gasteiger partial charge in [0, 0.05) is 17.3 Å². The molecule has 0 radical (unpaired) electrons. The van der Waals surface area contributed by atoms with E-state index in [1.165, 1.54) is 11.1 Å². The predicted molar refractivity (Wildman–Crippen MR) is 60.8 cm³/mol. The highest BCUT2D eigenvalue weighted by atomic mass is 79.9. The standard InChI is InChI=1S/C12H13BrO2/c13-11-2-1-10-8-12(14-5-6-15-12)4-3-9(10)7-11/h1-2,7H,3-6,8H2. The van der Waals surface area contributed by atoms with E-state index in [1.807, 2.05) is 0 Å². The molecule has 0 aromatic heterocycles. The summed E-state index contributed by atoms with van der Waals surface area (Å²) in [4.78, 5) is 0. The highest BCUT2D eigenvalue weighted by Crippen LogP contribution is 2.36. The van der Waals surface area contributed by atoms with E-state index in [0.717, 1.165) is 36.9 Å². The summed E-state index contributed by atoms with van der Waals surface area (Å²) < 4.78 is 12.6. The quantitative estimate of drug-likeness (QED) is 0.721. The molecule has 1 spiro atoms. The second-order valence-corrected chi connectivity index (χ2v) is 5.11. The van der Waals surface area contributed by atoms with Crippen LogP contribution in [0.3, 0.4) is 0 Å². The Hall–Kier alpha value is -0.380. The maximum Gasteiger partial charge on any atom is 0.172 e. The minimum absolute atomic E-state index is 0.305. The molecule has 80 valence electrons. The molecule has 0 N–H and O–H groups in total. The minimum atomic E-state index is -0.305. The molecule has 0 saturated carbocycles. The van der Waals surface area contributed by atoms with E-state index in [4.69, 9.17) is 9.47 Å². The van der Waals surface area contributed by atoms with E-state index in [1.54, 1.807) is 0 Å². The topological polar surface area (TPSA) is 18.5 Å². The van der Waals surface area contributed by atoms with Crippen LogP contribution in [0.4, 0.5) is 0 Å². The van der Waals surface area contributed by atoms with Crippen LogP contribution in [0, 0.1) is 0 Å². The van der Waals surface area contributed by atoms with Gasteiger partial charge in [-0.25, -0.2) is 0 Å². The normalized spacial score (nSPS) is 23.0. The molecular weight excluding hydrogens is 256 g/mol. The zero-order valence-electron chi connectivity index (χ0n) is 8.46. The molecule has 0 amide bonds. The van der Waals surface area contributed by atoms with Crippen LogP contribution in [0.25, 0.3) is 0 Å². The van der Waals surface area contributed by atoms with Crippen molar-refractivity contribution >= 4 is 15.9 Å². The average molecular weight is 269 g/mol. The molecule has 1 aromatic rings. The molecule has 0 atom stereocenters. The van der Waals surface area contributed by atoms with Crippen LogP contribution < -0.4 is 0 Å². The van der Waals surface area contributed by atoms with Crippen LogP contribution >= 0.6 is 15.9 Å². The van der Waals surface area contributed by atoms with Crippen molar-refractivity contribution in [2.24, 2.45) is 0 Å². The summed E-state index contributed by atoms with van der Waals surface area (Å²) in [6, 6.07) is 6.47. The lowest BCUT2D eigenvalue weighted by Gasteiger charge is -2.32. The van der Waals surface area contributed by atoms with Gasteiger partial charge in [-0.15, -0.1) is 0 Å². The summed E-state index contributed by atoms with van der Waals surface area (Å²) in [5.74, 6) is -0.305. The van der Waals surface area contributed by atoms with Gasteiger partial charge in [-0.05, 0) is 29.7 Å². The van der Waals surface area contributed by atoms with Crippen molar-refractivity contribution in [2.75, 3.05) is 13.2 Å². The number of ether oxygens (including phenoxy) is 2. The molecule has 1 aliphatic carbocycles. The maximum atomic E-state index is 5.73. The molecule has 1 aromatic carbocycles. The maximum absolute atomic E-state index is 5.73. The Morgan fingerprint density at radius 2 is 1.93 bits per heavy atom. The summed E-state index contributed by atoms with van der Waals surface area (Å²) in [5.41, 5.74) is 2.79. The summed E-state index contributed by atoms with van der Waals surface area (Å²) in [5, 5.41) is 0. The van der Waals surface area contributed by atoms with Gasteiger partial charge in [-0.1, -0.05) is 22.0 Å². The lowest BCUT2D eigenvalue weighted by molar-refractivity contribution is -0.163. The third-order valence-corrected chi connectivity index (χ3v) is 3.71. The summed E-state index contributed by atoms with van der Waals surface area (Å²) >= 11 is 3.50. The zero-order valence-corrected chi connectivity index (χ0v) is 10.0. The number of halogens is 1. The van der Waals surface area contributed by atoms with Gasteiger partial charge in [0.15, 0.2) is 5.79 Å². The second kappa shape index (κ2) is 3.58. The van der Waals surface area contributed by atoms with Gasteiger partial charge in [0.1, 0.15) is 0 Å². The number of hydrogen-bond donors (Lipinski definition) is 0. The monoisotopic (exact) mass is 268 g/mol. The van der Waals surface area contributed by atoms with Gasteiger partial charge in [0.05, 0.1) is 13.2 Å². The van der Waals surface area contributed by atoms with Gasteiger partial charge in [-0.3, -0.25) is 0 Å². The van der Waals surface area contributed by atoms with Crippen LogP contribution in [0.2, 0.25) is 0 Å². The summed E-state index contributed by atoms with van der Waals surface area (Å²) in [7, 11) is 0. The largest absolute Gasteiger partial charge is 0.347 e. The van der Waals surface area contributed by atoms with Crippen molar-refractivity contribution in [2.45, 2.75) is 25.0 Å². The average Bonchev–Trinajstić information content (AvgIpc) is 2.67. The number of hydrogen-bond acceptors (Lipinski definition) is 2. The van der Waals surface area contributed by atoms with Gasteiger partial charge in [0.25, 0.3) is 0 Å².